The number of hydrogen-bond acceptors (Lipinski definition) is 7. The van der Waals surface area contributed by atoms with E-state index in [0.717, 1.165) is 5.69 Å². The number of hydrogen-bond donors (Lipinski definition) is 2. The van der Waals surface area contributed by atoms with E-state index in [1.807, 2.05) is 37.3 Å². The molecule has 2 N–H and O–H groups in total. The molecule has 0 spiro atoms. The minimum atomic E-state index is -1.64. The summed E-state index contributed by atoms with van der Waals surface area (Å²) in [5.74, 6) is -1.05. The first-order valence-electron chi connectivity index (χ1n) is 11.3. The van der Waals surface area contributed by atoms with Gasteiger partial charge in [0.25, 0.3) is 5.91 Å². The highest BCUT2D eigenvalue weighted by atomic mass is 16.5. The Labute approximate surface area is 193 Å². The molecule has 2 atom stereocenters. The van der Waals surface area contributed by atoms with Crippen molar-refractivity contribution in [1.29, 1.82) is 0 Å². The van der Waals surface area contributed by atoms with Crippen molar-refractivity contribution in [1.82, 2.24) is 15.0 Å². The number of unbranched alkanes of at least 4 members (excludes halogenated alkanes) is 1. The van der Waals surface area contributed by atoms with Gasteiger partial charge in [0, 0.05) is 50.2 Å². The zero-order valence-electron chi connectivity index (χ0n) is 19.2. The number of fused-ring (bicyclic) bond motifs is 1. The predicted octanol–water partition coefficient (Wildman–Crippen LogP) is 1.97. The number of anilines is 1. The van der Waals surface area contributed by atoms with Gasteiger partial charge in [-0.15, -0.1) is 5.10 Å². The van der Waals surface area contributed by atoms with Gasteiger partial charge in [-0.05, 0) is 25.3 Å². The van der Waals surface area contributed by atoms with Crippen LogP contribution in [0, 0.1) is 5.92 Å². The minimum absolute atomic E-state index is 0.0342. The lowest BCUT2D eigenvalue weighted by atomic mass is 9.83. The van der Waals surface area contributed by atoms with Gasteiger partial charge in [-0.25, -0.2) is 0 Å². The number of ether oxygens (including phenoxy) is 1. The number of nitrogens with zero attached hydrogens (tertiary/aromatic N) is 4. The number of aromatic nitrogens is 3. The highest BCUT2D eigenvalue weighted by Crippen LogP contribution is 2.45. The van der Waals surface area contributed by atoms with Crippen molar-refractivity contribution in [2.24, 2.45) is 5.92 Å². The number of amides is 1. The molecule has 1 amide bonds. The van der Waals surface area contributed by atoms with Crippen LogP contribution in [-0.2, 0) is 32.9 Å². The summed E-state index contributed by atoms with van der Waals surface area (Å²) in [4.78, 5) is 26.3. The van der Waals surface area contributed by atoms with Crippen LogP contribution in [0.25, 0.3) is 0 Å². The number of methoxy groups -OCH3 is 1. The van der Waals surface area contributed by atoms with Gasteiger partial charge < -0.3 is 19.8 Å². The van der Waals surface area contributed by atoms with Crippen molar-refractivity contribution in [2.75, 3.05) is 25.2 Å². The summed E-state index contributed by atoms with van der Waals surface area (Å²) in [6.07, 6.45) is 8.27. The number of aryl methyl sites for hydroxylation is 1. The fourth-order valence-corrected chi connectivity index (χ4v) is 4.09. The molecule has 0 unspecified atom stereocenters. The molecule has 3 rings (SSSR count). The van der Waals surface area contributed by atoms with Crippen molar-refractivity contribution in [3.8, 4) is 0 Å². The Bertz CT molecular complexity index is 989. The molecule has 9 heteroatoms. The van der Waals surface area contributed by atoms with Gasteiger partial charge in [0.15, 0.2) is 5.60 Å². The van der Waals surface area contributed by atoms with Crippen LogP contribution in [0.2, 0.25) is 0 Å². The van der Waals surface area contributed by atoms with Crippen molar-refractivity contribution < 1.29 is 24.5 Å². The summed E-state index contributed by atoms with van der Waals surface area (Å²) < 4.78 is 6.37. The molecular formula is C24H32N4O5. The quantitative estimate of drug-likeness (QED) is 0.285. The molecule has 2 aromatic rings. The van der Waals surface area contributed by atoms with Gasteiger partial charge in [-0.2, -0.15) is 0 Å². The van der Waals surface area contributed by atoms with E-state index in [4.69, 9.17) is 5.11 Å². The Kier molecular flexibility index (Phi) is 8.35. The summed E-state index contributed by atoms with van der Waals surface area (Å²) in [7, 11) is 1.36. The third kappa shape index (κ3) is 5.48. The molecule has 1 aromatic heterocycles. The molecule has 0 fully saturated rings. The second-order valence-electron chi connectivity index (χ2n) is 8.23. The highest BCUT2D eigenvalue weighted by molar-refractivity contribution is 6.07. The number of para-hydroxylation sites is 1. The SMILES string of the molecule is COC(=O)CCCCN1C(=O)[C@](O)([C@H](C)/C=C/CCn2cc(CCO)nn2)c2ccccc21. The summed E-state index contributed by atoms with van der Waals surface area (Å²) >= 11 is 0. The van der Waals surface area contributed by atoms with E-state index in [2.05, 4.69) is 15.0 Å². The third-order valence-electron chi connectivity index (χ3n) is 5.98. The zero-order valence-corrected chi connectivity index (χ0v) is 19.2. The third-order valence-corrected chi connectivity index (χ3v) is 5.98. The monoisotopic (exact) mass is 456 g/mol. The second-order valence-corrected chi connectivity index (χ2v) is 8.23. The molecule has 0 saturated carbocycles. The van der Waals surface area contributed by atoms with Crippen LogP contribution in [-0.4, -0.2) is 57.3 Å². The minimum Gasteiger partial charge on any atom is -0.469 e. The van der Waals surface area contributed by atoms with Crippen LogP contribution < -0.4 is 4.90 Å². The summed E-state index contributed by atoms with van der Waals surface area (Å²) in [5.41, 5.74) is 0.410. The van der Waals surface area contributed by atoms with E-state index in [0.29, 0.717) is 56.4 Å². The lowest BCUT2D eigenvalue weighted by Crippen LogP contribution is -2.44. The molecule has 1 aliphatic heterocycles. The molecule has 0 aliphatic carbocycles. The molecule has 0 bridgehead atoms. The predicted molar refractivity (Wildman–Crippen MR) is 122 cm³/mol. The molecule has 178 valence electrons. The van der Waals surface area contributed by atoms with E-state index in [1.165, 1.54) is 7.11 Å². The van der Waals surface area contributed by atoms with Crippen molar-refractivity contribution in [2.45, 2.75) is 51.2 Å². The first-order valence-corrected chi connectivity index (χ1v) is 11.3. The van der Waals surface area contributed by atoms with Gasteiger partial charge in [0.1, 0.15) is 0 Å². The van der Waals surface area contributed by atoms with E-state index >= 15 is 0 Å². The normalized spacial score (nSPS) is 18.7. The first-order chi connectivity index (χ1) is 15.9. The average Bonchev–Trinajstić information content (AvgIpc) is 3.36. The Morgan fingerprint density at radius 1 is 1.27 bits per heavy atom. The Hall–Kier alpha value is -3.04. The number of carbonyl (C=O) groups is 2. The maximum absolute atomic E-state index is 13.3. The molecule has 2 heterocycles. The van der Waals surface area contributed by atoms with E-state index < -0.39 is 11.5 Å². The lowest BCUT2D eigenvalue weighted by molar-refractivity contribution is -0.140. The standard InChI is InChI=1S/C24H32N4O5/c1-18(9-5-7-14-27-17-19(13-16-29)25-26-27)24(32)20-10-3-4-11-21(20)28(23(24)31)15-8-6-12-22(30)33-2/h3-5,9-11,17-18,29,32H,6-8,12-16H2,1-2H3/b9-5+/t18-,24+/m1/s1. The summed E-state index contributed by atoms with van der Waals surface area (Å²) in [6.45, 7) is 2.90. The molecule has 1 aromatic carbocycles. The van der Waals surface area contributed by atoms with Gasteiger partial charge in [0.2, 0.25) is 0 Å². The molecule has 1 aliphatic rings. The number of carbonyl (C=O) groups excluding carboxylic acids is 2. The molecule has 0 saturated heterocycles. The van der Waals surface area contributed by atoms with Crippen molar-refractivity contribution >= 4 is 17.6 Å². The number of aliphatic hydroxyl groups is 2. The lowest BCUT2D eigenvalue weighted by Gasteiger charge is -2.27. The fourth-order valence-electron chi connectivity index (χ4n) is 4.09. The van der Waals surface area contributed by atoms with Crippen molar-refractivity contribution in [3.05, 3.63) is 53.9 Å². The van der Waals surface area contributed by atoms with Gasteiger partial charge in [-0.3, -0.25) is 14.3 Å². The summed E-state index contributed by atoms with van der Waals surface area (Å²) in [5, 5.41) is 28.5. The van der Waals surface area contributed by atoms with Crippen LogP contribution in [0.1, 0.15) is 43.9 Å². The Balaban J connectivity index is 1.64. The van der Waals surface area contributed by atoms with E-state index in [9.17, 15) is 14.7 Å². The largest absolute Gasteiger partial charge is 0.469 e. The van der Waals surface area contributed by atoms with Crippen LogP contribution in [0.4, 0.5) is 5.69 Å². The van der Waals surface area contributed by atoms with Crippen LogP contribution in [0.15, 0.2) is 42.6 Å². The number of esters is 1. The van der Waals surface area contributed by atoms with Crippen molar-refractivity contribution in [3.63, 3.8) is 0 Å². The molecule has 0 radical (unpaired) electrons. The molecular weight excluding hydrogens is 424 g/mol. The maximum atomic E-state index is 13.3. The number of allylic oxidation sites excluding steroid dienone is 1. The van der Waals surface area contributed by atoms with E-state index in [-0.39, 0.29) is 18.5 Å². The fraction of sp³-hybridized carbons (Fsp3) is 0.500. The number of benzene rings is 1. The Morgan fingerprint density at radius 3 is 2.82 bits per heavy atom. The topological polar surface area (TPSA) is 118 Å². The zero-order chi connectivity index (χ0) is 23.8. The number of rotatable bonds is 12. The van der Waals surface area contributed by atoms with Gasteiger partial charge >= 0.3 is 5.97 Å². The van der Waals surface area contributed by atoms with Gasteiger partial charge in [-0.1, -0.05) is 42.5 Å². The number of aliphatic hydroxyl groups excluding tert-OH is 1. The Morgan fingerprint density at radius 2 is 2.06 bits per heavy atom. The second kappa shape index (κ2) is 11.2. The van der Waals surface area contributed by atoms with E-state index in [1.54, 1.807) is 21.8 Å². The van der Waals surface area contributed by atoms with Crippen LogP contribution >= 0.6 is 0 Å². The van der Waals surface area contributed by atoms with Crippen LogP contribution in [0.3, 0.4) is 0 Å². The smallest absolute Gasteiger partial charge is 0.305 e. The highest BCUT2D eigenvalue weighted by Gasteiger charge is 2.52. The van der Waals surface area contributed by atoms with Crippen LogP contribution in [0.5, 0.6) is 0 Å². The van der Waals surface area contributed by atoms with Gasteiger partial charge in [0.05, 0.1) is 18.5 Å². The maximum Gasteiger partial charge on any atom is 0.305 e. The molecule has 33 heavy (non-hydrogen) atoms. The average molecular weight is 457 g/mol. The first kappa shape index (κ1) is 24.6. The molecule has 9 nitrogen and oxygen atoms in total. The summed E-state index contributed by atoms with van der Waals surface area (Å²) in [6, 6.07) is 7.31.